The van der Waals surface area contributed by atoms with Crippen molar-refractivity contribution in [1.82, 2.24) is 20.0 Å². The van der Waals surface area contributed by atoms with Gasteiger partial charge in [-0.2, -0.15) is 0 Å². The fraction of sp³-hybridized carbons (Fsp3) is 0.769. The maximum absolute atomic E-state index is 11.0. The summed E-state index contributed by atoms with van der Waals surface area (Å²) >= 11 is 0. The Morgan fingerprint density at radius 3 is 1.65 bits per heavy atom. The molecule has 0 aromatic heterocycles. The Morgan fingerprint density at radius 1 is 0.600 bits per heavy atom. The number of nitrogens with one attached hydrogen (secondary N) is 1. The van der Waals surface area contributed by atoms with Crippen LogP contribution in [0.2, 0.25) is 0 Å². The van der Waals surface area contributed by atoms with Crippen LogP contribution < -0.4 is 5.32 Å². The molecule has 3 amide bonds. The number of nitrogens with zero attached hydrogens (tertiary/aromatic N) is 3. The lowest BCUT2D eigenvalue weighted by Crippen LogP contribution is -2.38. The Morgan fingerprint density at radius 2 is 1.10 bits per heavy atom. The maximum atomic E-state index is 11.0. The molecule has 1 aliphatic heterocycles. The van der Waals surface area contributed by atoms with Crippen LogP contribution in [-0.2, 0) is 14.4 Å². The van der Waals surface area contributed by atoms with Crippen molar-refractivity contribution in [3.05, 3.63) is 0 Å². The third kappa shape index (κ3) is 6.51. The van der Waals surface area contributed by atoms with E-state index in [4.69, 9.17) is 0 Å². The molecule has 0 spiro atoms. The van der Waals surface area contributed by atoms with Crippen molar-refractivity contribution in [2.24, 2.45) is 0 Å². The van der Waals surface area contributed by atoms with E-state index in [0.717, 1.165) is 45.2 Å². The van der Waals surface area contributed by atoms with E-state index in [1.54, 1.807) is 14.7 Å². The number of carbonyl (C=O) groups excluding carboxylic acids is 3. The molecule has 1 N–H and O–H groups in total. The van der Waals surface area contributed by atoms with Crippen LogP contribution in [0.1, 0.15) is 12.8 Å². The summed E-state index contributed by atoms with van der Waals surface area (Å²) < 4.78 is 0. The minimum absolute atomic E-state index is 0.538. The van der Waals surface area contributed by atoms with Gasteiger partial charge in [-0.05, 0) is 19.4 Å². The first-order chi connectivity index (χ1) is 9.80. The molecule has 1 aliphatic rings. The van der Waals surface area contributed by atoms with Gasteiger partial charge in [0.2, 0.25) is 19.2 Å². The monoisotopic (exact) mass is 284 g/mol. The molecule has 0 bridgehead atoms. The summed E-state index contributed by atoms with van der Waals surface area (Å²) in [6.07, 6.45) is 4.11. The number of hydrogen-bond donors (Lipinski definition) is 1. The largest absolute Gasteiger partial charge is 0.344 e. The Kier molecular flexibility index (Phi) is 8.37. The molecule has 0 radical (unpaired) electrons. The van der Waals surface area contributed by atoms with Crippen LogP contribution in [0.3, 0.4) is 0 Å². The summed E-state index contributed by atoms with van der Waals surface area (Å²) in [5.41, 5.74) is 0. The molecule has 0 unspecified atom stereocenters. The molecule has 0 aromatic carbocycles. The fourth-order valence-corrected chi connectivity index (χ4v) is 2.14. The zero-order valence-corrected chi connectivity index (χ0v) is 11.9. The Bertz CT molecular complexity index is 301. The second-order valence-electron chi connectivity index (χ2n) is 4.88. The van der Waals surface area contributed by atoms with Gasteiger partial charge >= 0.3 is 0 Å². The van der Waals surface area contributed by atoms with Gasteiger partial charge in [-0.15, -0.1) is 0 Å². The van der Waals surface area contributed by atoms with Gasteiger partial charge in [-0.1, -0.05) is 0 Å². The molecular weight excluding hydrogens is 260 g/mol. The normalized spacial score (nSPS) is 20.1. The molecule has 0 aromatic rings. The minimum atomic E-state index is 0.538. The van der Waals surface area contributed by atoms with Gasteiger partial charge < -0.3 is 20.0 Å². The van der Waals surface area contributed by atoms with Crippen LogP contribution in [0.5, 0.6) is 0 Å². The van der Waals surface area contributed by atoms with E-state index in [9.17, 15) is 14.4 Å². The van der Waals surface area contributed by atoms with Gasteiger partial charge in [0.1, 0.15) is 0 Å². The first-order valence-corrected chi connectivity index (χ1v) is 7.09. The lowest BCUT2D eigenvalue weighted by Gasteiger charge is -2.25. The van der Waals surface area contributed by atoms with Gasteiger partial charge in [0, 0.05) is 45.8 Å². The van der Waals surface area contributed by atoms with Crippen LogP contribution in [0.25, 0.3) is 0 Å². The maximum Gasteiger partial charge on any atom is 0.209 e. The van der Waals surface area contributed by atoms with E-state index in [1.807, 2.05) is 0 Å². The summed E-state index contributed by atoms with van der Waals surface area (Å²) in [6, 6.07) is 0. The van der Waals surface area contributed by atoms with Crippen molar-refractivity contribution >= 4 is 19.2 Å². The van der Waals surface area contributed by atoms with Gasteiger partial charge in [0.25, 0.3) is 0 Å². The number of rotatable bonds is 3. The predicted molar refractivity (Wildman–Crippen MR) is 75.0 cm³/mol. The molecule has 7 heteroatoms. The van der Waals surface area contributed by atoms with Gasteiger partial charge in [0.15, 0.2) is 0 Å². The van der Waals surface area contributed by atoms with Crippen LogP contribution in [0, 0.1) is 0 Å². The highest BCUT2D eigenvalue weighted by Gasteiger charge is 2.08. The molecule has 1 rings (SSSR count). The fourth-order valence-electron chi connectivity index (χ4n) is 2.14. The van der Waals surface area contributed by atoms with Crippen molar-refractivity contribution in [1.29, 1.82) is 0 Å². The summed E-state index contributed by atoms with van der Waals surface area (Å²) in [4.78, 5) is 37.9. The van der Waals surface area contributed by atoms with Gasteiger partial charge in [0.05, 0.1) is 0 Å². The average molecular weight is 284 g/mol. The molecule has 0 aliphatic carbocycles. The van der Waals surface area contributed by atoms with Crippen molar-refractivity contribution in [3.8, 4) is 0 Å². The number of amides is 3. The van der Waals surface area contributed by atoms with E-state index < -0.39 is 0 Å². The lowest BCUT2D eigenvalue weighted by atomic mass is 10.3. The molecule has 1 heterocycles. The molecule has 0 saturated carbocycles. The van der Waals surface area contributed by atoms with E-state index in [-0.39, 0.29) is 0 Å². The average Bonchev–Trinajstić information content (AvgIpc) is 2.48. The van der Waals surface area contributed by atoms with Crippen LogP contribution >= 0.6 is 0 Å². The minimum Gasteiger partial charge on any atom is -0.344 e. The second-order valence-corrected chi connectivity index (χ2v) is 4.88. The van der Waals surface area contributed by atoms with Crippen LogP contribution in [0.15, 0.2) is 0 Å². The van der Waals surface area contributed by atoms with Gasteiger partial charge in [-0.3, -0.25) is 14.4 Å². The Labute approximate surface area is 119 Å². The van der Waals surface area contributed by atoms with Crippen molar-refractivity contribution in [2.45, 2.75) is 12.8 Å². The summed E-state index contributed by atoms with van der Waals surface area (Å²) in [6.45, 7) is 5.26. The van der Waals surface area contributed by atoms with Crippen molar-refractivity contribution in [3.63, 3.8) is 0 Å². The Balaban J connectivity index is 2.49. The third-order valence-corrected chi connectivity index (χ3v) is 3.39. The zero-order chi connectivity index (χ0) is 14.6. The summed E-state index contributed by atoms with van der Waals surface area (Å²) in [5.74, 6) is 0. The first kappa shape index (κ1) is 16.4. The van der Waals surface area contributed by atoms with E-state index in [0.29, 0.717) is 39.3 Å². The highest BCUT2D eigenvalue weighted by atomic mass is 16.1. The first-order valence-electron chi connectivity index (χ1n) is 7.09. The number of hydrogen-bond acceptors (Lipinski definition) is 4. The predicted octanol–water partition coefficient (Wildman–Crippen LogP) is -1.25. The topological polar surface area (TPSA) is 73.0 Å². The molecule has 114 valence electrons. The molecule has 7 nitrogen and oxygen atoms in total. The van der Waals surface area contributed by atoms with E-state index in [2.05, 4.69) is 5.32 Å². The zero-order valence-electron chi connectivity index (χ0n) is 11.9. The number of carbonyl (C=O) groups is 3. The van der Waals surface area contributed by atoms with E-state index >= 15 is 0 Å². The molecule has 1 saturated heterocycles. The van der Waals surface area contributed by atoms with E-state index in [1.165, 1.54) is 0 Å². The smallest absolute Gasteiger partial charge is 0.209 e. The van der Waals surface area contributed by atoms with Gasteiger partial charge in [-0.25, -0.2) is 0 Å². The molecule has 1 fully saturated rings. The van der Waals surface area contributed by atoms with Crippen molar-refractivity contribution in [2.75, 3.05) is 52.4 Å². The highest BCUT2D eigenvalue weighted by molar-refractivity contribution is 5.49. The Hall–Kier alpha value is -1.63. The summed E-state index contributed by atoms with van der Waals surface area (Å²) in [5, 5.41) is 3.26. The molecule has 0 atom stereocenters. The highest BCUT2D eigenvalue weighted by Crippen LogP contribution is 1.95. The quantitative estimate of drug-likeness (QED) is 0.657. The summed E-state index contributed by atoms with van der Waals surface area (Å²) in [7, 11) is 0. The van der Waals surface area contributed by atoms with Crippen LogP contribution in [0.4, 0.5) is 0 Å². The molecular formula is C13H24N4O3. The van der Waals surface area contributed by atoms with Crippen LogP contribution in [-0.4, -0.2) is 86.3 Å². The lowest BCUT2D eigenvalue weighted by molar-refractivity contribution is -0.122. The third-order valence-electron chi connectivity index (χ3n) is 3.39. The standard InChI is InChI=1S/C13H24N4O3/c18-11-15-6-2-7-17(13-20)10-9-16(12-19)5-1-3-14-4-8-15/h11-14H,1-10H2. The molecule has 20 heavy (non-hydrogen) atoms. The van der Waals surface area contributed by atoms with Crippen molar-refractivity contribution < 1.29 is 14.4 Å². The SMILES string of the molecule is O=CN1CCCN(C=O)CCN(C=O)CCCNCC1. The second kappa shape index (κ2) is 10.2.